The highest BCUT2D eigenvalue weighted by Gasteiger charge is 2.39. The van der Waals surface area contributed by atoms with Gasteiger partial charge in [0.1, 0.15) is 0 Å². The van der Waals surface area contributed by atoms with Gasteiger partial charge in [0, 0.05) is 31.7 Å². The number of benzene rings is 1. The summed E-state index contributed by atoms with van der Waals surface area (Å²) in [6.45, 7) is 6.44. The molecule has 1 fully saturated rings. The molecule has 1 aliphatic heterocycles. The van der Waals surface area contributed by atoms with Crippen molar-refractivity contribution in [3.8, 4) is 0 Å². The van der Waals surface area contributed by atoms with E-state index in [0.29, 0.717) is 32.5 Å². The van der Waals surface area contributed by atoms with Gasteiger partial charge in [-0.15, -0.1) is 0 Å². The average molecular weight is 382 g/mol. The second-order valence-electron chi connectivity index (χ2n) is 6.81. The van der Waals surface area contributed by atoms with Crippen LogP contribution in [0.2, 0.25) is 0 Å². The predicted octanol–water partition coefficient (Wildman–Crippen LogP) is 2.04. The third-order valence-electron chi connectivity index (χ3n) is 4.92. The van der Waals surface area contributed by atoms with Crippen molar-refractivity contribution in [3.05, 3.63) is 29.8 Å². The summed E-state index contributed by atoms with van der Waals surface area (Å²) in [6.07, 6.45) is 1.12. The lowest BCUT2D eigenvalue weighted by atomic mass is 9.82. The molecule has 0 saturated carbocycles. The third-order valence-corrected chi connectivity index (χ3v) is 6.97. The van der Waals surface area contributed by atoms with Crippen LogP contribution >= 0.6 is 0 Å². The van der Waals surface area contributed by atoms with Crippen LogP contribution in [0, 0.1) is 5.41 Å². The summed E-state index contributed by atoms with van der Waals surface area (Å²) in [7, 11) is -3.66. The second kappa shape index (κ2) is 7.75. The first-order chi connectivity index (χ1) is 12.2. The number of carboxylic acids is 1. The highest BCUT2D eigenvalue weighted by Crippen LogP contribution is 2.30. The van der Waals surface area contributed by atoms with E-state index < -0.39 is 21.4 Å². The highest BCUT2D eigenvalue weighted by atomic mass is 32.2. The summed E-state index contributed by atoms with van der Waals surface area (Å²) < 4.78 is 26.7. The van der Waals surface area contributed by atoms with E-state index in [2.05, 4.69) is 0 Å². The van der Waals surface area contributed by atoms with E-state index >= 15 is 0 Å². The van der Waals surface area contributed by atoms with E-state index in [1.807, 2.05) is 0 Å². The van der Waals surface area contributed by atoms with Crippen LogP contribution in [0.3, 0.4) is 0 Å². The van der Waals surface area contributed by atoms with E-state index in [-0.39, 0.29) is 22.9 Å². The fourth-order valence-electron chi connectivity index (χ4n) is 3.27. The fourth-order valence-corrected chi connectivity index (χ4v) is 4.78. The zero-order valence-corrected chi connectivity index (χ0v) is 16.3. The van der Waals surface area contributed by atoms with E-state index in [1.165, 1.54) is 21.3 Å². The Labute approximate surface area is 154 Å². The van der Waals surface area contributed by atoms with Crippen molar-refractivity contribution in [1.82, 2.24) is 9.21 Å². The summed E-state index contributed by atoms with van der Waals surface area (Å²) in [5, 5.41) is 9.41. The number of nitrogens with zero attached hydrogens (tertiary/aromatic N) is 2. The first kappa shape index (κ1) is 20.4. The lowest BCUT2D eigenvalue weighted by Gasteiger charge is -2.37. The molecule has 1 saturated heterocycles. The van der Waals surface area contributed by atoms with Crippen molar-refractivity contribution in [2.45, 2.75) is 38.5 Å². The molecule has 1 heterocycles. The van der Waals surface area contributed by atoms with E-state index in [1.54, 1.807) is 32.9 Å². The van der Waals surface area contributed by atoms with Gasteiger partial charge in [0.15, 0.2) is 0 Å². The number of sulfonamides is 1. The molecular formula is C18H26N2O5S. The number of amides is 1. The summed E-state index contributed by atoms with van der Waals surface area (Å²) in [5.41, 5.74) is -0.716. The summed E-state index contributed by atoms with van der Waals surface area (Å²) >= 11 is 0. The first-order valence-corrected chi connectivity index (χ1v) is 10.2. The SMILES string of the molecule is CCN(CC)S(=O)(=O)c1cccc(C(=O)N2CCCC(C)(C(=O)O)C2)c1. The molecule has 1 atom stereocenters. The molecule has 8 heteroatoms. The molecule has 0 spiro atoms. The fraction of sp³-hybridized carbons (Fsp3) is 0.556. The standard InChI is InChI=1S/C18H26N2O5S/c1-4-20(5-2)26(24,25)15-9-6-8-14(12-15)16(21)19-11-7-10-18(3,13-19)17(22)23/h6,8-9,12H,4-5,7,10-11,13H2,1-3H3,(H,22,23). The molecule has 0 radical (unpaired) electrons. The maximum Gasteiger partial charge on any atom is 0.311 e. The van der Waals surface area contributed by atoms with Gasteiger partial charge >= 0.3 is 5.97 Å². The van der Waals surface area contributed by atoms with Crippen LogP contribution in [0.5, 0.6) is 0 Å². The molecule has 26 heavy (non-hydrogen) atoms. The zero-order chi connectivity index (χ0) is 19.5. The lowest BCUT2D eigenvalue weighted by Crippen LogP contribution is -2.48. The molecule has 1 aromatic carbocycles. The number of carbonyl (C=O) groups is 2. The molecule has 7 nitrogen and oxygen atoms in total. The molecule has 1 amide bonds. The van der Waals surface area contributed by atoms with Gasteiger partial charge in [0.2, 0.25) is 10.0 Å². The molecule has 0 bridgehead atoms. The van der Waals surface area contributed by atoms with Crippen molar-refractivity contribution in [3.63, 3.8) is 0 Å². The van der Waals surface area contributed by atoms with Crippen LogP contribution in [0.15, 0.2) is 29.2 Å². The minimum Gasteiger partial charge on any atom is -0.481 e. The smallest absolute Gasteiger partial charge is 0.311 e. The highest BCUT2D eigenvalue weighted by molar-refractivity contribution is 7.89. The van der Waals surface area contributed by atoms with Crippen LogP contribution in [0.4, 0.5) is 0 Å². The quantitative estimate of drug-likeness (QED) is 0.812. The topological polar surface area (TPSA) is 95.0 Å². The number of hydrogen-bond donors (Lipinski definition) is 1. The van der Waals surface area contributed by atoms with Crippen molar-refractivity contribution in [2.75, 3.05) is 26.2 Å². The Morgan fingerprint density at radius 3 is 2.50 bits per heavy atom. The number of carboxylic acid groups (broad SMARTS) is 1. The van der Waals surface area contributed by atoms with Crippen LogP contribution in [0.25, 0.3) is 0 Å². The Balaban J connectivity index is 2.30. The van der Waals surface area contributed by atoms with Gasteiger partial charge in [-0.3, -0.25) is 9.59 Å². The number of hydrogen-bond acceptors (Lipinski definition) is 4. The van der Waals surface area contributed by atoms with Gasteiger partial charge in [0.05, 0.1) is 10.3 Å². The van der Waals surface area contributed by atoms with E-state index in [4.69, 9.17) is 0 Å². The van der Waals surface area contributed by atoms with Crippen molar-refractivity contribution in [1.29, 1.82) is 0 Å². The molecular weight excluding hydrogens is 356 g/mol. The van der Waals surface area contributed by atoms with Crippen LogP contribution in [0.1, 0.15) is 44.0 Å². The molecule has 0 aliphatic carbocycles. The Morgan fingerprint density at radius 1 is 1.27 bits per heavy atom. The van der Waals surface area contributed by atoms with Crippen LogP contribution in [-0.4, -0.2) is 60.8 Å². The summed E-state index contributed by atoms with van der Waals surface area (Å²) in [4.78, 5) is 25.9. The van der Waals surface area contributed by atoms with Gasteiger partial charge in [-0.25, -0.2) is 8.42 Å². The predicted molar refractivity (Wildman–Crippen MR) is 97.4 cm³/mol. The normalized spacial score (nSPS) is 21.0. The number of piperidine rings is 1. The van der Waals surface area contributed by atoms with Gasteiger partial charge in [-0.05, 0) is 38.0 Å². The first-order valence-electron chi connectivity index (χ1n) is 8.78. The maximum absolute atomic E-state index is 12.8. The van der Waals surface area contributed by atoms with Gasteiger partial charge in [-0.2, -0.15) is 4.31 Å². The average Bonchev–Trinajstić information content (AvgIpc) is 2.62. The number of likely N-dealkylation sites (tertiary alicyclic amines) is 1. The molecule has 1 unspecified atom stereocenters. The molecule has 1 aromatic rings. The third kappa shape index (κ3) is 3.91. The minimum atomic E-state index is -3.66. The summed E-state index contributed by atoms with van der Waals surface area (Å²) in [5.74, 6) is -1.26. The van der Waals surface area contributed by atoms with Crippen LogP contribution < -0.4 is 0 Å². The van der Waals surface area contributed by atoms with Crippen molar-refractivity contribution in [2.24, 2.45) is 5.41 Å². The van der Waals surface area contributed by atoms with Crippen molar-refractivity contribution < 1.29 is 23.1 Å². The largest absolute Gasteiger partial charge is 0.481 e. The Kier molecular flexibility index (Phi) is 6.08. The Hall–Kier alpha value is -1.93. The Morgan fingerprint density at radius 2 is 1.92 bits per heavy atom. The Bertz CT molecular complexity index is 789. The second-order valence-corrected chi connectivity index (χ2v) is 8.75. The van der Waals surface area contributed by atoms with Gasteiger partial charge in [0.25, 0.3) is 5.91 Å². The van der Waals surface area contributed by atoms with Crippen LogP contribution in [-0.2, 0) is 14.8 Å². The number of rotatable bonds is 6. The number of carbonyl (C=O) groups excluding carboxylic acids is 1. The molecule has 1 N–H and O–H groups in total. The van der Waals surface area contributed by atoms with Gasteiger partial charge in [-0.1, -0.05) is 19.9 Å². The summed E-state index contributed by atoms with van der Waals surface area (Å²) in [6, 6.07) is 5.96. The monoisotopic (exact) mass is 382 g/mol. The van der Waals surface area contributed by atoms with Crippen molar-refractivity contribution >= 4 is 21.9 Å². The maximum atomic E-state index is 12.8. The molecule has 1 aliphatic rings. The molecule has 2 rings (SSSR count). The van der Waals surface area contributed by atoms with E-state index in [0.717, 1.165) is 0 Å². The molecule has 0 aromatic heterocycles. The van der Waals surface area contributed by atoms with E-state index in [9.17, 15) is 23.1 Å². The lowest BCUT2D eigenvalue weighted by molar-refractivity contribution is -0.150. The van der Waals surface area contributed by atoms with Gasteiger partial charge < -0.3 is 10.0 Å². The number of aliphatic carboxylic acids is 1. The molecule has 144 valence electrons. The minimum absolute atomic E-state index is 0.0741. The zero-order valence-electron chi connectivity index (χ0n) is 15.4.